The molecule has 3 saturated heterocycles. The van der Waals surface area contributed by atoms with Crippen molar-refractivity contribution in [3.05, 3.63) is 5.69 Å². The van der Waals surface area contributed by atoms with Crippen molar-refractivity contribution >= 4 is 21.6 Å². The van der Waals surface area contributed by atoms with E-state index in [1.54, 1.807) is 0 Å². The van der Waals surface area contributed by atoms with E-state index in [-0.39, 0.29) is 16.2 Å². The van der Waals surface area contributed by atoms with Gasteiger partial charge in [-0.3, -0.25) is 0 Å². The zero-order valence-corrected chi connectivity index (χ0v) is 11.8. The van der Waals surface area contributed by atoms with Crippen LogP contribution in [0.15, 0.2) is 5.03 Å². The van der Waals surface area contributed by atoms with Gasteiger partial charge in [0.15, 0.2) is 14.9 Å². The molecule has 18 heavy (non-hydrogen) atoms. The third-order valence-electron chi connectivity index (χ3n) is 4.76. The number of sulfone groups is 1. The Balaban J connectivity index is 1.79. The second-order valence-electron chi connectivity index (χ2n) is 5.68. The molecule has 0 aromatic carbocycles. The molecule has 4 fully saturated rings. The van der Waals surface area contributed by atoms with Crippen LogP contribution in [0.3, 0.4) is 0 Å². The number of piperidine rings is 3. The highest BCUT2D eigenvalue weighted by molar-refractivity contribution is 7.91. The summed E-state index contributed by atoms with van der Waals surface area (Å²) in [5, 5.41) is 0.283. The van der Waals surface area contributed by atoms with Crippen LogP contribution in [-0.2, 0) is 15.3 Å². The van der Waals surface area contributed by atoms with Crippen LogP contribution in [0.4, 0.5) is 0 Å². The van der Waals surface area contributed by atoms with Gasteiger partial charge in [0.05, 0.1) is 17.5 Å². The summed E-state index contributed by atoms with van der Waals surface area (Å²) in [6, 6.07) is 0. The molecule has 0 radical (unpaired) electrons. The van der Waals surface area contributed by atoms with E-state index in [0.717, 1.165) is 37.1 Å². The third kappa shape index (κ3) is 1.18. The molecule has 4 aliphatic rings. The van der Waals surface area contributed by atoms with Crippen molar-refractivity contribution in [1.29, 1.82) is 0 Å². The Morgan fingerprint density at radius 1 is 1.39 bits per heavy atom. The molecule has 7 heteroatoms. The summed E-state index contributed by atoms with van der Waals surface area (Å²) in [4.78, 5) is 2.42. The van der Waals surface area contributed by atoms with E-state index < -0.39 is 9.84 Å². The van der Waals surface area contributed by atoms with Gasteiger partial charge in [-0.2, -0.15) is 8.75 Å². The second kappa shape index (κ2) is 3.32. The number of nitrogens with zero attached hydrogens (tertiary/aromatic N) is 3. The predicted octanol–water partition coefficient (Wildman–Crippen LogP) is 0.535. The summed E-state index contributed by atoms with van der Waals surface area (Å²) in [7, 11) is -3.23. The lowest BCUT2D eigenvalue weighted by molar-refractivity contribution is 0.405. The Kier molecular flexibility index (Phi) is 2.08. The maximum Gasteiger partial charge on any atom is 0.198 e. The summed E-state index contributed by atoms with van der Waals surface area (Å²) in [5.41, 5.74) is 0.833. The largest absolute Gasteiger partial charge is 0.302 e. The van der Waals surface area contributed by atoms with E-state index >= 15 is 0 Å². The van der Waals surface area contributed by atoms with Gasteiger partial charge in [0, 0.05) is 25.0 Å². The maximum atomic E-state index is 12.2. The van der Waals surface area contributed by atoms with Gasteiger partial charge in [-0.25, -0.2) is 8.42 Å². The Morgan fingerprint density at radius 2 is 2.11 bits per heavy atom. The Labute approximate surface area is 110 Å². The van der Waals surface area contributed by atoms with E-state index in [1.807, 2.05) is 6.92 Å². The summed E-state index contributed by atoms with van der Waals surface area (Å²) in [5.74, 6) is 1.45. The van der Waals surface area contributed by atoms with Gasteiger partial charge in [0.25, 0.3) is 0 Å². The number of hydrogen-bond acceptors (Lipinski definition) is 6. The van der Waals surface area contributed by atoms with E-state index in [4.69, 9.17) is 0 Å². The number of aromatic nitrogens is 2. The lowest BCUT2D eigenvalue weighted by Crippen LogP contribution is -2.19. The van der Waals surface area contributed by atoms with Crippen LogP contribution >= 0.6 is 11.7 Å². The summed E-state index contributed by atoms with van der Waals surface area (Å²) >= 11 is 1.05. The fourth-order valence-corrected chi connectivity index (χ4v) is 6.42. The molecule has 5 rings (SSSR count). The highest BCUT2D eigenvalue weighted by Gasteiger charge is 2.76. The molecule has 0 N–H and O–H groups in total. The Hall–Kier alpha value is -0.530. The quantitative estimate of drug-likeness (QED) is 0.808. The second-order valence-corrected chi connectivity index (χ2v) is 8.24. The molecule has 4 heterocycles. The Morgan fingerprint density at radius 3 is 2.67 bits per heavy atom. The van der Waals surface area contributed by atoms with Crippen LogP contribution < -0.4 is 0 Å². The van der Waals surface area contributed by atoms with Crippen molar-refractivity contribution in [2.75, 3.05) is 25.4 Å². The van der Waals surface area contributed by atoms with E-state index in [2.05, 4.69) is 13.6 Å². The topological polar surface area (TPSA) is 63.2 Å². The average Bonchev–Trinajstić information content (AvgIpc) is 2.94. The molecule has 3 aliphatic heterocycles. The fraction of sp³-hybridized carbons (Fsp3) is 0.818. The fourth-order valence-electron chi connectivity index (χ4n) is 4.01. The van der Waals surface area contributed by atoms with Crippen LogP contribution in [0, 0.1) is 11.8 Å². The zero-order chi connectivity index (χ0) is 12.5. The van der Waals surface area contributed by atoms with E-state index in [1.165, 1.54) is 0 Å². The first-order valence-corrected chi connectivity index (χ1v) is 8.76. The average molecular weight is 285 g/mol. The van der Waals surface area contributed by atoms with Crippen LogP contribution in [0.25, 0.3) is 0 Å². The maximum absolute atomic E-state index is 12.2. The standard InChI is InChI=1S/C11H15N3O2S2/c1-2-3-18(15,16)10-9(12-17-13-10)11-6-14-4-7(11)8(11)5-14/h7-8H,2-6H2,1H3. The van der Waals surface area contributed by atoms with Crippen molar-refractivity contribution < 1.29 is 8.42 Å². The summed E-state index contributed by atoms with van der Waals surface area (Å²) in [6.07, 6.45) is 0.630. The molecular formula is C11H15N3O2S2. The highest BCUT2D eigenvalue weighted by atomic mass is 32.2. The van der Waals surface area contributed by atoms with E-state index in [9.17, 15) is 8.42 Å². The van der Waals surface area contributed by atoms with Crippen molar-refractivity contribution in [2.45, 2.75) is 23.8 Å². The molecule has 1 aliphatic carbocycles. The van der Waals surface area contributed by atoms with Gasteiger partial charge in [-0.1, -0.05) is 6.92 Å². The SMILES string of the molecule is CCCS(=O)(=O)c1nsnc1C12CN3CC1C2C3. The minimum atomic E-state index is -3.23. The smallest absolute Gasteiger partial charge is 0.198 e. The molecule has 5 nitrogen and oxygen atoms in total. The van der Waals surface area contributed by atoms with Crippen molar-refractivity contribution in [1.82, 2.24) is 13.6 Å². The van der Waals surface area contributed by atoms with Crippen LogP contribution in [0.2, 0.25) is 0 Å². The van der Waals surface area contributed by atoms with E-state index in [0.29, 0.717) is 18.3 Å². The minimum absolute atomic E-state index is 0.0448. The summed E-state index contributed by atoms with van der Waals surface area (Å²) < 4.78 is 32.9. The molecule has 98 valence electrons. The molecule has 0 spiro atoms. The van der Waals surface area contributed by atoms with Crippen LogP contribution in [0.1, 0.15) is 19.0 Å². The first-order chi connectivity index (χ1) is 8.59. The zero-order valence-electron chi connectivity index (χ0n) is 10.2. The van der Waals surface area contributed by atoms with Crippen molar-refractivity contribution in [3.8, 4) is 0 Å². The van der Waals surface area contributed by atoms with Crippen molar-refractivity contribution in [3.63, 3.8) is 0 Å². The highest BCUT2D eigenvalue weighted by Crippen LogP contribution is 2.69. The predicted molar refractivity (Wildman–Crippen MR) is 67.4 cm³/mol. The van der Waals surface area contributed by atoms with Gasteiger partial charge in [0.2, 0.25) is 0 Å². The monoisotopic (exact) mass is 285 g/mol. The Bertz CT molecular complexity index is 598. The molecular weight excluding hydrogens is 270 g/mol. The van der Waals surface area contributed by atoms with Gasteiger partial charge >= 0.3 is 0 Å². The first-order valence-electron chi connectivity index (χ1n) is 6.38. The summed E-state index contributed by atoms with van der Waals surface area (Å²) in [6.45, 7) is 5.11. The molecule has 2 unspecified atom stereocenters. The molecule has 1 aromatic rings. The van der Waals surface area contributed by atoms with Crippen LogP contribution in [0.5, 0.6) is 0 Å². The number of rotatable bonds is 4. The lowest BCUT2D eigenvalue weighted by Gasteiger charge is -2.10. The van der Waals surface area contributed by atoms with Crippen LogP contribution in [-0.4, -0.2) is 47.5 Å². The molecule has 2 atom stereocenters. The molecule has 1 aromatic heterocycles. The first kappa shape index (κ1) is 11.3. The minimum Gasteiger partial charge on any atom is -0.302 e. The van der Waals surface area contributed by atoms with Gasteiger partial charge in [0.1, 0.15) is 5.69 Å². The lowest BCUT2D eigenvalue weighted by atomic mass is 10.0. The van der Waals surface area contributed by atoms with Gasteiger partial charge in [-0.15, -0.1) is 0 Å². The normalized spacial score (nSPS) is 40.4. The number of hydrogen-bond donors (Lipinski definition) is 0. The van der Waals surface area contributed by atoms with Crippen molar-refractivity contribution in [2.24, 2.45) is 11.8 Å². The van der Waals surface area contributed by atoms with Gasteiger partial charge in [-0.05, 0) is 18.3 Å². The van der Waals surface area contributed by atoms with Gasteiger partial charge < -0.3 is 4.90 Å². The molecule has 0 amide bonds. The molecule has 4 bridgehead atoms. The third-order valence-corrected chi connectivity index (χ3v) is 7.23. The molecule has 1 saturated carbocycles.